The van der Waals surface area contributed by atoms with E-state index in [1.807, 2.05) is 0 Å². The van der Waals surface area contributed by atoms with Crippen molar-refractivity contribution in [3.63, 3.8) is 0 Å². The van der Waals surface area contributed by atoms with Gasteiger partial charge in [-0.05, 0) is 23.9 Å². The molecule has 1 aromatic carbocycles. The van der Waals surface area contributed by atoms with Gasteiger partial charge in [-0.2, -0.15) is 0 Å². The van der Waals surface area contributed by atoms with Crippen molar-refractivity contribution in [1.82, 2.24) is 24.5 Å². The van der Waals surface area contributed by atoms with Crippen LogP contribution in [0.1, 0.15) is 0 Å². The van der Waals surface area contributed by atoms with Crippen molar-refractivity contribution in [2.75, 3.05) is 5.73 Å². The van der Waals surface area contributed by atoms with Crippen molar-refractivity contribution in [2.45, 2.75) is 16.0 Å². The van der Waals surface area contributed by atoms with E-state index in [-0.39, 0.29) is 18.2 Å². The number of rotatable bonds is 4. The standard InChI is InChI=1S/C14H9FN6O2S2/c15-6-2-1-3-7-10(6)24-14(19-7)25-13-20-9-11(16)17-5-18-12(9)21(13)4-8(22)23/h1-3,5H,4H2,(H,22,23)(H2,16,17,18). The van der Waals surface area contributed by atoms with Gasteiger partial charge in [-0.25, -0.2) is 24.3 Å². The Morgan fingerprint density at radius 3 is 2.96 bits per heavy atom. The number of fused-ring (bicyclic) bond motifs is 2. The summed E-state index contributed by atoms with van der Waals surface area (Å²) in [6.07, 6.45) is 1.25. The van der Waals surface area contributed by atoms with Crippen LogP contribution in [-0.2, 0) is 11.3 Å². The number of thiazole rings is 1. The number of imidazole rings is 1. The highest BCUT2D eigenvalue weighted by atomic mass is 32.2. The zero-order valence-electron chi connectivity index (χ0n) is 12.4. The summed E-state index contributed by atoms with van der Waals surface area (Å²) in [6, 6.07) is 4.66. The van der Waals surface area contributed by atoms with E-state index in [1.165, 1.54) is 28.3 Å². The van der Waals surface area contributed by atoms with Gasteiger partial charge in [0.2, 0.25) is 0 Å². The Labute approximate surface area is 147 Å². The smallest absolute Gasteiger partial charge is 0.323 e. The van der Waals surface area contributed by atoms with Crippen molar-refractivity contribution in [1.29, 1.82) is 0 Å². The summed E-state index contributed by atoms with van der Waals surface area (Å²) in [5.41, 5.74) is 6.97. The van der Waals surface area contributed by atoms with Crippen molar-refractivity contribution in [3.8, 4) is 0 Å². The van der Waals surface area contributed by atoms with Crippen molar-refractivity contribution in [3.05, 3.63) is 30.3 Å². The highest BCUT2D eigenvalue weighted by molar-refractivity contribution is 8.01. The lowest BCUT2D eigenvalue weighted by Crippen LogP contribution is -2.10. The molecule has 3 aromatic heterocycles. The Kier molecular flexibility index (Phi) is 3.73. The maximum Gasteiger partial charge on any atom is 0.323 e. The monoisotopic (exact) mass is 376 g/mol. The molecule has 0 bridgehead atoms. The number of carboxylic acids is 1. The first kappa shape index (κ1) is 15.7. The number of benzene rings is 1. The Balaban J connectivity index is 1.83. The molecule has 0 amide bonds. The molecule has 0 fully saturated rings. The number of nitrogen functional groups attached to an aromatic ring is 1. The lowest BCUT2D eigenvalue weighted by atomic mass is 10.3. The van der Waals surface area contributed by atoms with Crippen molar-refractivity contribution >= 4 is 56.3 Å². The molecule has 11 heteroatoms. The van der Waals surface area contributed by atoms with Gasteiger partial charge in [0.15, 0.2) is 26.5 Å². The fourth-order valence-electron chi connectivity index (χ4n) is 2.31. The van der Waals surface area contributed by atoms with Crippen LogP contribution in [0.2, 0.25) is 0 Å². The second-order valence-corrected chi connectivity index (χ2v) is 7.19. The van der Waals surface area contributed by atoms with E-state index in [0.29, 0.717) is 30.9 Å². The number of nitrogens with two attached hydrogens (primary N) is 1. The summed E-state index contributed by atoms with van der Waals surface area (Å²) in [7, 11) is 0. The molecule has 4 rings (SSSR count). The van der Waals surface area contributed by atoms with Crippen LogP contribution in [0.4, 0.5) is 10.2 Å². The number of carboxylic acid groups (broad SMARTS) is 1. The summed E-state index contributed by atoms with van der Waals surface area (Å²) < 4.78 is 16.2. The lowest BCUT2D eigenvalue weighted by molar-refractivity contribution is -0.137. The molecular formula is C14H9FN6O2S2. The molecule has 0 aliphatic carbocycles. The highest BCUT2D eigenvalue weighted by Crippen LogP contribution is 2.36. The van der Waals surface area contributed by atoms with Gasteiger partial charge in [0.05, 0.1) is 10.2 Å². The number of aliphatic carboxylic acids is 1. The molecule has 0 saturated carbocycles. The van der Waals surface area contributed by atoms with Crippen LogP contribution in [0.5, 0.6) is 0 Å². The molecule has 3 heterocycles. The Morgan fingerprint density at radius 1 is 1.36 bits per heavy atom. The Bertz CT molecular complexity index is 1130. The van der Waals surface area contributed by atoms with Crippen LogP contribution in [0.25, 0.3) is 21.4 Å². The average molecular weight is 376 g/mol. The van der Waals surface area contributed by atoms with Crippen LogP contribution in [0.15, 0.2) is 34.0 Å². The van der Waals surface area contributed by atoms with Gasteiger partial charge < -0.3 is 10.8 Å². The molecule has 0 atom stereocenters. The van der Waals surface area contributed by atoms with Gasteiger partial charge in [-0.1, -0.05) is 6.07 Å². The van der Waals surface area contributed by atoms with Crippen molar-refractivity contribution < 1.29 is 14.3 Å². The van der Waals surface area contributed by atoms with E-state index < -0.39 is 5.97 Å². The maximum atomic E-state index is 13.8. The van der Waals surface area contributed by atoms with Crippen LogP contribution in [0.3, 0.4) is 0 Å². The summed E-state index contributed by atoms with van der Waals surface area (Å²) in [6.45, 7) is -0.339. The zero-order valence-corrected chi connectivity index (χ0v) is 14.0. The summed E-state index contributed by atoms with van der Waals surface area (Å²) in [4.78, 5) is 27.8. The number of carbonyl (C=O) groups is 1. The van der Waals surface area contributed by atoms with E-state index >= 15 is 0 Å². The average Bonchev–Trinajstić information content (AvgIpc) is 3.12. The first-order valence-corrected chi connectivity index (χ1v) is 8.57. The minimum Gasteiger partial charge on any atom is -0.480 e. The van der Waals surface area contributed by atoms with Crippen LogP contribution in [0, 0.1) is 5.82 Å². The van der Waals surface area contributed by atoms with Crippen molar-refractivity contribution in [2.24, 2.45) is 0 Å². The first-order chi connectivity index (χ1) is 12.0. The minimum absolute atomic E-state index is 0.159. The van der Waals surface area contributed by atoms with Gasteiger partial charge in [-0.3, -0.25) is 9.36 Å². The molecule has 25 heavy (non-hydrogen) atoms. The number of hydrogen-bond acceptors (Lipinski definition) is 8. The molecule has 0 aliphatic heterocycles. The molecule has 0 saturated heterocycles. The third kappa shape index (κ3) is 2.76. The molecule has 4 aromatic rings. The van der Waals surface area contributed by atoms with E-state index in [2.05, 4.69) is 19.9 Å². The molecule has 8 nitrogen and oxygen atoms in total. The molecule has 126 valence electrons. The number of nitrogens with zero attached hydrogens (tertiary/aromatic N) is 5. The molecule has 0 aliphatic rings. The number of aromatic nitrogens is 5. The van der Waals surface area contributed by atoms with Gasteiger partial charge in [0, 0.05) is 0 Å². The Morgan fingerprint density at radius 2 is 2.20 bits per heavy atom. The maximum absolute atomic E-state index is 13.8. The second-order valence-electron chi connectivity index (χ2n) is 4.98. The van der Waals surface area contributed by atoms with E-state index in [9.17, 15) is 9.18 Å². The molecule has 0 radical (unpaired) electrons. The SMILES string of the molecule is Nc1ncnc2c1nc(Sc1nc3cccc(F)c3s1)n2CC(=O)O. The highest BCUT2D eigenvalue weighted by Gasteiger charge is 2.19. The number of hydrogen-bond donors (Lipinski definition) is 2. The summed E-state index contributed by atoms with van der Waals surface area (Å²) in [5.74, 6) is -1.24. The predicted octanol–water partition coefficient (Wildman–Crippen LogP) is 2.39. The topological polar surface area (TPSA) is 120 Å². The lowest BCUT2D eigenvalue weighted by Gasteiger charge is -2.03. The largest absolute Gasteiger partial charge is 0.480 e. The zero-order chi connectivity index (χ0) is 17.6. The van der Waals surface area contributed by atoms with Gasteiger partial charge in [0.25, 0.3) is 0 Å². The van der Waals surface area contributed by atoms with Crippen LogP contribution < -0.4 is 5.73 Å². The third-order valence-electron chi connectivity index (χ3n) is 3.34. The predicted molar refractivity (Wildman–Crippen MR) is 91.1 cm³/mol. The summed E-state index contributed by atoms with van der Waals surface area (Å²) in [5, 5.41) is 9.51. The number of anilines is 1. The number of halogens is 1. The van der Waals surface area contributed by atoms with Gasteiger partial charge in [-0.15, -0.1) is 11.3 Å². The fraction of sp³-hybridized carbons (Fsp3) is 0.0714. The van der Waals surface area contributed by atoms with E-state index in [0.717, 1.165) is 11.8 Å². The van der Waals surface area contributed by atoms with E-state index in [1.54, 1.807) is 12.1 Å². The summed E-state index contributed by atoms with van der Waals surface area (Å²) >= 11 is 2.30. The van der Waals surface area contributed by atoms with Crippen LogP contribution in [-0.4, -0.2) is 35.6 Å². The quantitative estimate of drug-likeness (QED) is 0.557. The molecule has 0 unspecified atom stereocenters. The normalized spacial score (nSPS) is 11.4. The van der Waals surface area contributed by atoms with E-state index in [4.69, 9.17) is 10.8 Å². The Hall–Kier alpha value is -2.79. The fourth-order valence-corrected chi connectivity index (χ4v) is 4.35. The molecule has 3 N–H and O–H groups in total. The van der Waals surface area contributed by atoms with Gasteiger partial charge in [0.1, 0.15) is 18.7 Å². The minimum atomic E-state index is -1.05. The second kappa shape index (κ2) is 5.93. The van der Waals surface area contributed by atoms with Gasteiger partial charge >= 0.3 is 5.97 Å². The third-order valence-corrected chi connectivity index (χ3v) is 5.48. The first-order valence-electron chi connectivity index (χ1n) is 6.94. The molecular weight excluding hydrogens is 367 g/mol. The van der Waals surface area contributed by atoms with Crippen LogP contribution >= 0.6 is 23.1 Å². The molecule has 0 spiro atoms.